The third-order valence-corrected chi connectivity index (χ3v) is 4.05. The van der Waals surface area contributed by atoms with Gasteiger partial charge < -0.3 is 14.8 Å². The van der Waals surface area contributed by atoms with Crippen molar-refractivity contribution in [1.82, 2.24) is 10.2 Å². The highest BCUT2D eigenvalue weighted by Gasteiger charge is 2.10. The van der Waals surface area contributed by atoms with E-state index < -0.39 is 0 Å². The fourth-order valence-corrected chi connectivity index (χ4v) is 2.65. The van der Waals surface area contributed by atoms with Crippen LogP contribution >= 0.6 is 0 Å². The summed E-state index contributed by atoms with van der Waals surface area (Å²) in [5.74, 6) is 1.40. The Morgan fingerprint density at radius 3 is 2.48 bits per heavy atom. The molecule has 0 spiro atoms. The van der Waals surface area contributed by atoms with Crippen LogP contribution in [0.5, 0.6) is 11.5 Å². The molecule has 0 aromatic heterocycles. The Balaban J connectivity index is 1.86. The van der Waals surface area contributed by atoms with Crippen molar-refractivity contribution in [3.8, 4) is 11.5 Å². The summed E-state index contributed by atoms with van der Waals surface area (Å²) in [4.78, 5) is 14.1. The van der Waals surface area contributed by atoms with Crippen molar-refractivity contribution in [2.75, 3.05) is 27.8 Å². The summed E-state index contributed by atoms with van der Waals surface area (Å²) in [7, 11) is 5.15. The summed E-state index contributed by atoms with van der Waals surface area (Å²) in [5.41, 5.74) is 3.38. The zero-order valence-electron chi connectivity index (χ0n) is 15.3. The number of rotatable bonds is 8. The Kier molecular flexibility index (Phi) is 6.83. The molecule has 0 heterocycles. The molecule has 2 aromatic rings. The largest absolute Gasteiger partial charge is 0.493 e. The smallest absolute Gasteiger partial charge is 0.234 e. The van der Waals surface area contributed by atoms with Gasteiger partial charge in [0, 0.05) is 13.1 Å². The average Bonchev–Trinajstić information content (AvgIpc) is 2.60. The van der Waals surface area contributed by atoms with Crippen LogP contribution < -0.4 is 14.8 Å². The number of amides is 1. The molecule has 0 bridgehead atoms. The lowest BCUT2D eigenvalue weighted by Crippen LogP contribution is -2.34. The van der Waals surface area contributed by atoms with E-state index >= 15 is 0 Å². The van der Waals surface area contributed by atoms with Crippen LogP contribution in [-0.4, -0.2) is 38.6 Å². The molecule has 25 heavy (non-hydrogen) atoms. The van der Waals surface area contributed by atoms with Crippen LogP contribution in [0.4, 0.5) is 0 Å². The van der Waals surface area contributed by atoms with Gasteiger partial charge in [-0.15, -0.1) is 0 Å². The molecule has 0 aliphatic rings. The van der Waals surface area contributed by atoms with Gasteiger partial charge in [0.1, 0.15) is 0 Å². The molecule has 0 aliphatic carbocycles. The number of benzene rings is 2. The van der Waals surface area contributed by atoms with E-state index in [1.165, 1.54) is 5.56 Å². The van der Waals surface area contributed by atoms with Crippen molar-refractivity contribution in [2.24, 2.45) is 0 Å². The van der Waals surface area contributed by atoms with Gasteiger partial charge in [-0.1, -0.05) is 30.3 Å². The van der Waals surface area contributed by atoms with Gasteiger partial charge in [-0.2, -0.15) is 0 Å². The van der Waals surface area contributed by atoms with E-state index in [0.717, 1.165) is 11.1 Å². The van der Waals surface area contributed by atoms with Crippen molar-refractivity contribution < 1.29 is 14.3 Å². The van der Waals surface area contributed by atoms with Crippen molar-refractivity contribution in [2.45, 2.75) is 20.0 Å². The van der Waals surface area contributed by atoms with Gasteiger partial charge in [-0.25, -0.2) is 0 Å². The van der Waals surface area contributed by atoms with Crippen molar-refractivity contribution in [3.63, 3.8) is 0 Å². The number of likely N-dealkylation sites (N-methyl/N-ethyl adjacent to an activating group) is 1. The minimum absolute atomic E-state index is 0.00577. The third-order valence-electron chi connectivity index (χ3n) is 4.05. The summed E-state index contributed by atoms with van der Waals surface area (Å²) in [5, 5.41) is 2.97. The Morgan fingerprint density at radius 2 is 1.80 bits per heavy atom. The minimum atomic E-state index is 0.00577. The van der Waals surface area contributed by atoms with Crippen LogP contribution in [0.25, 0.3) is 0 Å². The Bertz CT molecular complexity index is 716. The molecule has 0 radical (unpaired) electrons. The number of nitrogens with one attached hydrogen (secondary N) is 1. The molecule has 0 fully saturated rings. The normalized spacial score (nSPS) is 10.6. The molecule has 0 saturated carbocycles. The maximum absolute atomic E-state index is 12.2. The summed E-state index contributed by atoms with van der Waals surface area (Å²) in [6.45, 7) is 3.58. The first-order valence-corrected chi connectivity index (χ1v) is 8.24. The highest BCUT2D eigenvalue weighted by atomic mass is 16.5. The lowest BCUT2D eigenvalue weighted by Gasteiger charge is -2.17. The molecule has 2 aromatic carbocycles. The van der Waals surface area contributed by atoms with Crippen LogP contribution in [0.3, 0.4) is 0 Å². The highest BCUT2D eigenvalue weighted by molar-refractivity contribution is 5.78. The molecule has 1 amide bonds. The predicted molar refractivity (Wildman–Crippen MR) is 98.9 cm³/mol. The van der Waals surface area contributed by atoms with Crippen LogP contribution in [-0.2, 0) is 17.9 Å². The fraction of sp³-hybridized carbons (Fsp3) is 0.350. The number of carbonyl (C=O) groups excluding carboxylic acids is 1. The van der Waals surface area contributed by atoms with E-state index in [0.29, 0.717) is 31.1 Å². The molecular weight excluding hydrogens is 316 g/mol. The summed E-state index contributed by atoms with van der Waals surface area (Å²) in [6.07, 6.45) is 0. The van der Waals surface area contributed by atoms with Gasteiger partial charge in [-0.3, -0.25) is 9.69 Å². The maximum atomic E-state index is 12.2. The number of aryl methyl sites for hydroxylation is 1. The van der Waals surface area contributed by atoms with Crippen molar-refractivity contribution in [1.29, 1.82) is 0 Å². The van der Waals surface area contributed by atoms with E-state index in [2.05, 4.69) is 5.32 Å². The Labute approximate surface area is 149 Å². The lowest BCUT2D eigenvalue weighted by molar-refractivity contribution is -0.122. The third kappa shape index (κ3) is 5.50. The SMILES string of the molecule is COc1ccc(CN(C)CC(=O)NCc2ccccc2C)cc1OC. The molecule has 134 valence electrons. The first-order valence-electron chi connectivity index (χ1n) is 8.24. The molecule has 0 aliphatic heterocycles. The number of nitrogens with zero attached hydrogens (tertiary/aromatic N) is 1. The zero-order valence-corrected chi connectivity index (χ0v) is 15.3. The molecule has 5 heteroatoms. The zero-order chi connectivity index (χ0) is 18.2. The summed E-state index contributed by atoms with van der Waals surface area (Å²) < 4.78 is 10.6. The Morgan fingerprint density at radius 1 is 1.08 bits per heavy atom. The van der Waals surface area contributed by atoms with Gasteiger partial charge >= 0.3 is 0 Å². The summed E-state index contributed by atoms with van der Waals surface area (Å²) >= 11 is 0. The van der Waals surface area contributed by atoms with E-state index in [-0.39, 0.29) is 5.91 Å². The predicted octanol–water partition coefficient (Wildman–Crippen LogP) is 2.76. The molecule has 5 nitrogen and oxygen atoms in total. The highest BCUT2D eigenvalue weighted by Crippen LogP contribution is 2.27. The van der Waals surface area contributed by atoms with Crippen LogP contribution in [0.1, 0.15) is 16.7 Å². The van der Waals surface area contributed by atoms with Crippen LogP contribution in [0.2, 0.25) is 0 Å². The quantitative estimate of drug-likeness (QED) is 0.801. The topological polar surface area (TPSA) is 50.8 Å². The number of carbonyl (C=O) groups is 1. The Hall–Kier alpha value is -2.53. The minimum Gasteiger partial charge on any atom is -0.493 e. The van der Waals surface area contributed by atoms with Crippen molar-refractivity contribution in [3.05, 3.63) is 59.2 Å². The first-order chi connectivity index (χ1) is 12.0. The second kappa shape index (κ2) is 9.08. The van der Waals surface area contributed by atoms with Gasteiger partial charge in [0.05, 0.1) is 20.8 Å². The number of ether oxygens (including phenoxy) is 2. The molecular formula is C20H26N2O3. The lowest BCUT2D eigenvalue weighted by atomic mass is 10.1. The van der Waals surface area contributed by atoms with Gasteiger partial charge in [0.15, 0.2) is 11.5 Å². The number of hydrogen-bond donors (Lipinski definition) is 1. The molecule has 2 rings (SSSR count). The number of hydrogen-bond acceptors (Lipinski definition) is 4. The van der Waals surface area contributed by atoms with Gasteiger partial charge in [0.2, 0.25) is 5.91 Å². The standard InChI is InChI=1S/C20H26N2O3/c1-15-7-5-6-8-17(15)12-21-20(23)14-22(2)13-16-9-10-18(24-3)19(11-16)25-4/h5-11H,12-14H2,1-4H3,(H,21,23). The monoisotopic (exact) mass is 342 g/mol. The molecule has 0 unspecified atom stereocenters. The average molecular weight is 342 g/mol. The second-order valence-electron chi connectivity index (χ2n) is 6.06. The molecule has 0 saturated heterocycles. The van der Waals surface area contributed by atoms with Crippen LogP contribution in [0, 0.1) is 6.92 Å². The molecule has 1 N–H and O–H groups in total. The van der Waals surface area contributed by atoms with E-state index in [1.54, 1.807) is 14.2 Å². The first kappa shape index (κ1) is 18.8. The fourth-order valence-electron chi connectivity index (χ4n) is 2.65. The second-order valence-corrected chi connectivity index (χ2v) is 6.06. The van der Waals surface area contributed by atoms with Crippen molar-refractivity contribution >= 4 is 5.91 Å². The summed E-state index contributed by atoms with van der Waals surface area (Å²) in [6, 6.07) is 13.8. The number of methoxy groups -OCH3 is 2. The van der Waals surface area contributed by atoms with E-state index in [1.807, 2.05) is 61.3 Å². The van der Waals surface area contributed by atoms with Crippen LogP contribution in [0.15, 0.2) is 42.5 Å². The van der Waals surface area contributed by atoms with Gasteiger partial charge in [0.25, 0.3) is 0 Å². The van der Waals surface area contributed by atoms with E-state index in [9.17, 15) is 4.79 Å². The molecule has 0 atom stereocenters. The van der Waals surface area contributed by atoms with E-state index in [4.69, 9.17) is 9.47 Å². The maximum Gasteiger partial charge on any atom is 0.234 e. The van der Waals surface area contributed by atoms with Gasteiger partial charge in [-0.05, 0) is 42.8 Å².